The Balaban J connectivity index is 1.33. The van der Waals surface area contributed by atoms with Crippen LogP contribution in [0.3, 0.4) is 0 Å². The number of anilines is 1. The van der Waals surface area contributed by atoms with Gasteiger partial charge < -0.3 is 14.6 Å². The summed E-state index contributed by atoms with van der Waals surface area (Å²) in [5, 5.41) is 0.450. The van der Waals surface area contributed by atoms with Gasteiger partial charge in [0.25, 0.3) is 10.0 Å². The van der Waals surface area contributed by atoms with E-state index in [1.54, 1.807) is 31.3 Å². The normalized spacial score (nSPS) is 15.5. The molecule has 1 unspecified atom stereocenters. The Kier molecular flexibility index (Phi) is 6.59. The lowest BCUT2D eigenvalue weighted by atomic mass is 9.98. The molecule has 0 saturated carbocycles. The third-order valence-electron chi connectivity index (χ3n) is 6.21. The molecule has 3 aromatic carbocycles. The maximum absolute atomic E-state index is 13.7. The molecule has 0 spiro atoms. The largest absolute Gasteiger partial charge is 0.447 e. The van der Waals surface area contributed by atoms with Crippen LogP contribution in [0.2, 0.25) is 5.02 Å². The number of nitrogens with one attached hydrogen (secondary N) is 1. The van der Waals surface area contributed by atoms with Crippen LogP contribution in [0, 0.1) is 0 Å². The number of aromatic nitrogens is 2. The second-order valence-corrected chi connectivity index (χ2v) is 11.0. The van der Waals surface area contributed by atoms with Gasteiger partial charge in [0.1, 0.15) is 12.4 Å². The molecule has 0 aliphatic carbocycles. The molecule has 0 radical (unpaired) electrons. The van der Waals surface area contributed by atoms with E-state index < -0.39 is 22.2 Å². The summed E-state index contributed by atoms with van der Waals surface area (Å²) in [4.78, 5) is 22.0. The minimum atomic E-state index is -3.92. The number of carbonyl (C=O) groups is 1. The van der Waals surface area contributed by atoms with Crippen LogP contribution in [0.25, 0.3) is 11.0 Å². The van der Waals surface area contributed by atoms with Gasteiger partial charge >= 0.3 is 6.09 Å². The molecule has 0 fully saturated rings. The number of carbonyl (C=O) groups excluding carboxylic acids is 1. The van der Waals surface area contributed by atoms with Gasteiger partial charge in [-0.15, -0.1) is 0 Å². The maximum atomic E-state index is 13.7. The number of aromatic amines is 1. The Morgan fingerprint density at radius 3 is 2.61 bits per heavy atom. The minimum absolute atomic E-state index is 0.0789. The van der Waals surface area contributed by atoms with Gasteiger partial charge in [-0.3, -0.25) is 4.31 Å². The summed E-state index contributed by atoms with van der Waals surface area (Å²) in [5.41, 5.74) is 3.23. The van der Waals surface area contributed by atoms with Crippen molar-refractivity contribution in [2.24, 2.45) is 0 Å². The second kappa shape index (κ2) is 9.83. The first-order valence-corrected chi connectivity index (χ1v) is 13.3. The average Bonchev–Trinajstić information content (AvgIpc) is 3.29. The molecular weight excluding hydrogens is 500 g/mol. The van der Waals surface area contributed by atoms with Crippen molar-refractivity contribution in [1.29, 1.82) is 0 Å². The van der Waals surface area contributed by atoms with Gasteiger partial charge in [0.2, 0.25) is 0 Å². The van der Waals surface area contributed by atoms with E-state index in [2.05, 4.69) is 9.97 Å². The number of imidazole rings is 1. The lowest BCUT2D eigenvalue weighted by Crippen LogP contribution is -2.47. The molecule has 2 heterocycles. The van der Waals surface area contributed by atoms with E-state index in [1.165, 1.54) is 21.3 Å². The van der Waals surface area contributed by atoms with Crippen molar-refractivity contribution in [2.45, 2.75) is 30.3 Å². The average molecular weight is 525 g/mol. The highest BCUT2D eigenvalue weighted by molar-refractivity contribution is 7.92. The number of nitrogens with zero attached hydrogens (tertiary/aromatic N) is 3. The molecule has 1 N–H and O–H groups in total. The summed E-state index contributed by atoms with van der Waals surface area (Å²) in [6.07, 6.45) is 0.641. The molecule has 8 nitrogen and oxygen atoms in total. The van der Waals surface area contributed by atoms with Gasteiger partial charge in [-0.2, -0.15) is 0 Å². The number of amides is 1. The van der Waals surface area contributed by atoms with Crippen LogP contribution in [-0.4, -0.2) is 49.1 Å². The van der Waals surface area contributed by atoms with Crippen LogP contribution in [-0.2, 0) is 27.7 Å². The number of ether oxygens (including phenoxy) is 1. The zero-order valence-corrected chi connectivity index (χ0v) is 21.2. The van der Waals surface area contributed by atoms with Gasteiger partial charge in [0.15, 0.2) is 0 Å². The van der Waals surface area contributed by atoms with E-state index in [0.29, 0.717) is 29.4 Å². The molecule has 186 valence electrons. The topological polar surface area (TPSA) is 95.6 Å². The number of aryl methyl sites for hydroxylation is 1. The molecule has 5 rings (SSSR count). The Morgan fingerprint density at radius 1 is 1.11 bits per heavy atom. The number of para-hydroxylation sites is 3. The molecule has 1 aliphatic rings. The van der Waals surface area contributed by atoms with Crippen molar-refractivity contribution in [1.82, 2.24) is 14.9 Å². The number of hydrogen-bond acceptors (Lipinski definition) is 5. The highest BCUT2D eigenvalue weighted by Crippen LogP contribution is 2.35. The molecule has 0 saturated heterocycles. The van der Waals surface area contributed by atoms with Crippen molar-refractivity contribution >= 4 is 44.4 Å². The highest BCUT2D eigenvalue weighted by atomic mass is 35.5. The fraction of sp³-hybridized carbons (Fsp3) is 0.231. The van der Waals surface area contributed by atoms with Gasteiger partial charge in [0.05, 0.1) is 34.2 Å². The van der Waals surface area contributed by atoms with Crippen molar-refractivity contribution in [3.05, 3.63) is 89.2 Å². The van der Waals surface area contributed by atoms with Crippen molar-refractivity contribution in [3.8, 4) is 0 Å². The van der Waals surface area contributed by atoms with Crippen LogP contribution in [0.5, 0.6) is 0 Å². The number of hydrogen-bond donors (Lipinski definition) is 1. The van der Waals surface area contributed by atoms with Crippen LogP contribution in [0.15, 0.2) is 77.7 Å². The van der Waals surface area contributed by atoms with E-state index in [4.69, 9.17) is 16.3 Å². The molecule has 10 heteroatoms. The standard InChI is InChI=1S/C26H25ClN4O4S/c1-30(16-25-28-22-7-3-4-8-23(22)29-25)26(32)35-17-20-13-10-18-6-2-5-9-24(18)31(20)36(33,34)21-14-11-19(27)12-15-21/h2-9,11-12,14-15,20H,10,13,16-17H2,1H3,(H,28,29). The summed E-state index contributed by atoms with van der Waals surface area (Å²) in [6.45, 7) is 0.151. The molecule has 36 heavy (non-hydrogen) atoms. The number of H-pyrrole nitrogens is 1. The van der Waals surface area contributed by atoms with Crippen molar-refractivity contribution < 1.29 is 17.9 Å². The summed E-state index contributed by atoms with van der Waals surface area (Å²) in [7, 11) is -2.30. The number of benzene rings is 3. The number of sulfonamides is 1. The monoisotopic (exact) mass is 524 g/mol. The fourth-order valence-corrected chi connectivity index (χ4v) is 6.25. The smallest absolute Gasteiger partial charge is 0.409 e. The Hall–Kier alpha value is -3.56. The van der Waals surface area contributed by atoms with Crippen LogP contribution in [0.4, 0.5) is 10.5 Å². The minimum Gasteiger partial charge on any atom is -0.447 e. The lowest BCUT2D eigenvalue weighted by molar-refractivity contribution is 0.102. The first-order chi connectivity index (χ1) is 17.3. The van der Waals surface area contributed by atoms with E-state index in [1.807, 2.05) is 36.4 Å². The van der Waals surface area contributed by atoms with E-state index in [-0.39, 0.29) is 18.0 Å². The summed E-state index contributed by atoms with van der Waals surface area (Å²) in [6, 6.07) is 20.5. The van der Waals surface area contributed by atoms with Crippen LogP contribution in [0.1, 0.15) is 17.8 Å². The number of halogens is 1. The first kappa shape index (κ1) is 24.1. The SMILES string of the molecule is CN(Cc1nc2ccccc2[nH]1)C(=O)OCC1CCc2ccccc2N1S(=O)(=O)c1ccc(Cl)cc1. The summed E-state index contributed by atoms with van der Waals surface area (Å²) in [5.74, 6) is 0.634. The van der Waals surface area contributed by atoms with E-state index in [9.17, 15) is 13.2 Å². The van der Waals surface area contributed by atoms with E-state index >= 15 is 0 Å². The molecule has 0 bridgehead atoms. The van der Waals surface area contributed by atoms with E-state index in [0.717, 1.165) is 16.6 Å². The molecular formula is C26H25ClN4O4S. The van der Waals surface area contributed by atoms with Crippen molar-refractivity contribution in [3.63, 3.8) is 0 Å². The van der Waals surface area contributed by atoms with Gasteiger partial charge in [0, 0.05) is 12.1 Å². The quantitative estimate of drug-likeness (QED) is 0.383. The predicted molar refractivity (Wildman–Crippen MR) is 139 cm³/mol. The van der Waals surface area contributed by atoms with Gasteiger partial charge in [-0.05, 0) is 60.9 Å². The maximum Gasteiger partial charge on any atom is 0.409 e. The highest BCUT2D eigenvalue weighted by Gasteiger charge is 2.37. The zero-order valence-electron chi connectivity index (χ0n) is 19.6. The molecule has 1 amide bonds. The Labute approximate surface area is 214 Å². The third-order valence-corrected chi connectivity index (χ3v) is 8.35. The Bertz CT molecular complexity index is 1470. The lowest BCUT2D eigenvalue weighted by Gasteiger charge is -2.37. The molecule has 4 aromatic rings. The number of fused-ring (bicyclic) bond motifs is 2. The third kappa shape index (κ3) is 4.76. The fourth-order valence-electron chi connectivity index (χ4n) is 4.42. The van der Waals surface area contributed by atoms with Crippen LogP contribution >= 0.6 is 11.6 Å². The molecule has 1 aliphatic heterocycles. The Morgan fingerprint density at radius 2 is 1.83 bits per heavy atom. The summed E-state index contributed by atoms with van der Waals surface area (Å²) < 4.78 is 34.4. The van der Waals surface area contributed by atoms with Crippen molar-refractivity contribution in [2.75, 3.05) is 18.0 Å². The molecule has 1 atom stereocenters. The second-order valence-electron chi connectivity index (χ2n) is 8.71. The summed E-state index contributed by atoms with van der Waals surface area (Å²) >= 11 is 5.98. The first-order valence-electron chi connectivity index (χ1n) is 11.5. The molecule has 1 aromatic heterocycles. The number of rotatable bonds is 6. The zero-order chi connectivity index (χ0) is 25.3. The van der Waals surface area contributed by atoms with Gasteiger partial charge in [-0.25, -0.2) is 18.2 Å². The predicted octanol–water partition coefficient (Wildman–Crippen LogP) is 5.00. The van der Waals surface area contributed by atoms with Gasteiger partial charge in [-0.1, -0.05) is 41.9 Å². The van der Waals surface area contributed by atoms with Crippen LogP contribution < -0.4 is 4.31 Å².